The van der Waals surface area contributed by atoms with Crippen molar-refractivity contribution in [2.45, 2.75) is 70.1 Å². The van der Waals surface area contributed by atoms with Gasteiger partial charge in [0.2, 0.25) is 0 Å². The van der Waals surface area contributed by atoms with Gasteiger partial charge < -0.3 is 19.9 Å². The quantitative estimate of drug-likeness (QED) is 0.725. The minimum Gasteiger partial charge on any atom is -0.392 e. The molecule has 0 radical (unpaired) electrons. The predicted octanol–water partition coefficient (Wildman–Crippen LogP) is 2.12. The Morgan fingerprint density at radius 1 is 1.36 bits per heavy atom. The van der Waals surface area contributed by atoms with Gasteiger partial charge in [0.15, 0.2) is 5.76 Å². The van der Waals surface area contributed by atoms with Gasteiger partial charge in [-0.05, 0) is 26.2 Å². The van der Waals surface area contributed by atoms with Crippen molar-refractivity contribution in [3.05, 3.63) is 35.2 Å². The minimum atomic E-state index is -0.483. The van der Waals surface area contributed by atoms with E-state index < -0.39 is 6.10 Å². The van der Waals surface area contributed by atoms with Crippen LogP contribution in [0.5, 0.6) is 0 Å². The van der Waals surface area contributed by atoms with Gasteiger partial charge in [-0.2, -0.15) is 0 Å². The monoisotopic (exact) mass is 387 g/mol. The average molecular weight is 387 g/mol. The van der Waals surface area contributed by atoms with E-state index in [-0.39, 0.29) is 11.9 Å². The van der Waals surface area contributed by atoms with E-state index in [1.807, 2.05) is 6.92 Å². The number of aliphatic hydroxyl groups is 1. The van der Waals surface area contributed by atoms with Gasteiger partial charge in [0.1, 0.15) is 11.5 Å². The van der Waals surface area contributed by atoms with Crippen LogP contribution in [0.4, 0.5) is 0 Å². The fourth-order valence-electron chi connectivity index (χ4n) is 4.41. The number of hydrogen-bond donors (Lipinski definition) is 3. The number of rotatable bonds is 5. The van der Waals surface area contributed by atoms with Crippen LogP contribution in [0.3, 0.4) is 0 Å². The summed E-state index contributed by atoms with van der Waals surface area (Å²) in [5, 5.41) is 17.5. The van der Waals surface area contributed by atoms with Crippen molar-refractivity contribution >= 4 is 5.91 Å². The lowest BCUT2D eigenvalue weighted by Crippen LogP contribution is -2.52. The summed E-state index contributed by atoms with van der Waals surface area (Å²) < 4.78 is 5.57. The molecule has 2 atom stereocenters. The standard InChI is InChI=1S/C20H29N5O3/c1-13-21-9-19(22-13)20(27)23-15-7-16(26)11-25(10-15)12-17-8-18(24-28-17)14-5-3-2-4-6-14/h8-9,14-16,26H,2-7,10-12H2,1H3,(H,21,22)(H,23,27)/t15-,16+/m0/s1. The number of hydrogen-bond acceptors (Lipinski definition) is 6. The summed E-state index contributed by atoms with van der Waals surface area (Å²) in [6, 6.07) is 1.94. The Kier molecular flexibility index (Phi) is 5.77. The highest BCUT2D eigenvalue weighted by atomic mass is 16.5. The fraction of sp³-hybridized carbons (Fsp3) is 0.650. The topological polar surface area (TPSA) is 107 Å². The molecule has 1 aliphatic carbocycles. The highest BCUT2D eigenvalue weighted by molar-refractivity contribution is 5.92. The Hall–Kier alpha value is -2.19. The third kappa shape index (κ3) is 4.62. The van der Waals surface area contributed by atoms with Gasteiger partial charge in [-0.3, -0.25) is 9.69 Å². The van der Waals surface area contributed by atoms with Crippen molar-refractivity contribution in [2.75, 3.05) is 13.1 Å². The Morgan fingerprint density at radius 3 is 2.93 bits per heavy atom. The average Bonchev–Trinajstić information content (AvgIpc) is 3.31. The van der Waals surface area contributed by atoms with Gasteiger partial charge in [-0.1, -0.05) is 24.4 Å². The maximum atomic E-state index is 12.4. The Morgan fingerprint density at radius 2 is 2.18 bits per heavy atom. The predicted molar refractivity (Wildman–Crippen MR) is 103 cm³/mol. The second-order valence-corrected chi connectivity index (χ2v) is 8.19. The number of nitrogens with zero attached hydrogens (tertiary/aromatic N) is 3. The zero-order chi connectivity index (χ0) is 19.5. The largest absolute Gasteiger partial charge is 0.392 e. The first-order valence-corrected chi connectivity index (χ1v) is 10.2. The third-order valence-corrected chi connectivity index (χ3v) is 5.77. The number of aromatic nitrogens is 3. The Bertz CT molecular complexity index is 795. The van der Waals surface area contributed by atoms with Crippen LogP contribution in [-0.4, -0.2) is 56.3 Å². The second-order valence-electron chi connectivity index (χ2n) is 8.19. The van der Waals surface area contributed by atoms with Crippen LogP contribution in [-0.2, 0) is 6.54 Å². The lowest BCUT2D eigenvalue weighted by atomic mass is 9.87. The maximum absolute atomic E-state index is 12.4. The van der Waals surface area contributed by atoms with Crippen LogP contribution < -0.4 is 5.32 Å². The zero-order valence-electron chi connectivity index (χ0n) is 16.4. The lowest BCUT2D eigenvalue weighted by Gasteiger charge is -2.35. The van der Waals surface area contributed by atoms with E-state index in [9.17, 15) is 9.90 Å². The molecule has 2 aliphatic rings. The number of carbonyl (C=O) groups excluding carboxylic acids is 1. The molecule has 152 valence electrons. The number of imidazole rings is 1. The van der Waals surface area contributed by atoms with Gasteiger partial charge in [-0.25, -0.2) is 4.98 Å². The van der Waals surface area contributed by atoms with E-state index in [1.165, 1.54) is 38.3 Å². The number of β-amino-alcohol motifs (C(OH)–C–C–N with tert-alkyl or cyclic N) is 1. The van der Waals surface area contributed by atoms with Crippen molar-refractivity contribution < 1.29 is 14.4 Å². The first kappa shape index (κ1) is 19.1. The number of carbonyl (C=O) groups is 1. The minimum absolute atomic E-state index is 0.124. The normalized spacial score (nSPS) is 24.4. The first-order valence-electron chi connectivity index (χ1n) is 10.2. The molecule has 1 aliphatic heterocycles. The van der Waals surface area contributed by atoms with E-state index in [0.29, 0.717) is 43.5 Å². The molecule has 28 heavy (non-hydrogen) atoms. The van der Waals surface area contributed by atoms with Gasteiger partial charge >= 0.3 is 0 Å². The molecule has 3 N–H and O–H groups in total. The summed E-state index contributed by atoms with van der Waals surface area (Å²) in [5.41, 5.74) is 1.50. The molecule has 4 rings (SSSR count). The molecule has 8 nitrogen and oxygen atoms in total. The molecule has 2 aromatic heterocycles. The fourth-order valence-corrected chi connectivity index (χ4v) is 4.41. The molecular formula is C20H29N5O3. The molecule has 2 aromatic rings. The molecule has 8 heteroatoms. The van der Waals surface area contributed by atoms with Crippen LogP contribution in [0.1, 0.15) is 72.2 Å². The molecular weight excluding hydrogens is 358 g/mol. The van der Waals surface area contributed by atoms with E-state index in [0.717, 1.165) is 11.5 Å². The van der Waals surface area contributed by atoms with Crippen LogP contribution in [0, 0.1) is 6.92 Å². The molecule has 0 unspecified atom stereocenters. The van der Waals surface area contributed by atoms with E-state index in [4.69, 9.17) is 4.52 Å². The number of piperidine rings is 1. The number of aliphatic hydroxyl groups excluding tert-OH is 1. The van der Waals surface area contributed by atoms with Crippen LogP contribution in [0.25, 0.3) is 0 Å². The number of aryl methyl sites for hydroxylation is 1. The Balaban J connectivity index is 1.34. The van der Waals surface area contributed by atoms with Gasteiger partial charge in [0.05, 0.1) is 24.5 Å². The van der Waals surface area contributed by atoms with E-state index in [1.54, 1.807) is 0 Å². The summed E-state index contributed by atoms with van der Waals surface area (Å²) in [4.78, 5) is 21.5. The number of amides is 1. The maximum Gasteiger partial charge on any atom is 0.269 e. The number of aromatic amines is 1. The highest BCUT2D eigenvalue weighted by Gasteiger charge is 2.29. The summed E-state index contributed by atoms with van der Waals surface area (Å²) in [7, 11) is 0. The summed E-state index contributed by atoms with van der Waals surface area (Å²) >= 11 is 0. The molecule has 2 fully saturated rings. The molecule has 1 saturated carbocycles. The number of nitrogens with one attached hydrogen (secondary N) is 2. The van der Waals surface area contributed by atoms with Crippen molar-refractivity contribution in [1.29, 1.82) is 0 Å². The van der Waals surface area contributed by atoms with Crippen LogP contribution in [0.2, 0.25) is 0 Å². The van der Waals surface area contributed by atoms with Crippen LogP contribution >= 0.6 is 0 Å². The highest BCUT2D eigenvalue weighted by Crippen LogP contribution is 2.32. The van der Waals surface area contributed by atoms with Crippen molar-refractivity contribution in [2.24, 2.45) is 0 Å². The number of H-pyrrole nitrogens is 1. The third-order valence-electron chi connectivity index (χ3n) is 5.77. The summed E-state index contributed by atoms with van der Waals surface area (Å²) in [6.07, 6.45) is 7.82. The van der Waals surface area contributed by atoms with Gasteiger partial charge in [-0.15, -0.1) is 0 Å². The molecule has 1 saturated heterocycles. The van der Waals surface area contributed by atoms with E-state index >= 15 is 0 Å². The molecule has 1 amide bonds. The Labute approximate surface area is 164 Å². The molecule has 0 bridgehead atoms. The van der Waals surface area contributed by atoms with Crippen molar-refractivity contribution in [3.63, 3.8) is 0 Å². The summed E-state index contributed by atoms with van der Waals surface area (Å²) in [6.45, 7) is 3.62. The van der Waals surface area contributed by atoms with Crippen LogP contribution in [0.15, 0.2) is 16.8 Å². The number of likely N-dealkylation sites (tertiary alicyclic amines) is 1. The molecule has 0 aromatic carbocycles. The zero-order valence-corrected chi connectivity index (χ0v) is 16.4. The first-order chi connectivity index (χ1) is 13.6. The second kappa shape index (κ2) is 8.45. The summed E-state index contributed by atoms with van der Waals surface area (Å²) in [5.74, 6) is 1.85. The molecule has 0 spiro atoms. The smallest absolute Gasteiger partial charge is 0.269 e. The SMILES string of the molecule is Cc1ncc(C(=O)N[C@H]2C[C@@H](O)CN(Cc3cc(C4CCCCC4)no3)C2)[nH]1. The van der Waals surface area contributed by atoms with Crippen molar-refractivity contribution in [3.8, 4) is 0 Å². The lowest BCUT2D eigenvalue weighted by molar-refractivity contribution is 0.0422. The van der Waals surface area contributed by atoms with Gasteiger partial charge in [0.25, 0.3) is 5.91 Å². The van der Waals surface area contributed by atoms with Crippen molar-refractivity contribution in [1.82, 2.24) is 25.3 Å². The molecule has 3 heterocycles. The van der Waals surface area contributed by atoms with E-state index in [2.05, 4.69) is 31.4 Å². The van der Waals surface area contributed by atoms with Gasteiger partial charge in [0, 0.05) is 31.1 Å².